The predicted octanol–water partition coefficient (Wildman–Crippen LogP) is 2.73. The van der Waals surface area contributed by atoms with Crippen LogP contribution < -0.4 is 10.1 Å². The largest absolute Gasteiger partial charge is 0.492 e. The molecule has 1 saturated heterocycles. The molecule has 0 bridgehead atoms. The maximum atomic E-state index is 5.79. The summed E-state index contributed by atoms with van der Waals surface area (Å²) in [6, 6.07) is 8.26. The van der Waals surface area contributed by atoms with Crippen LogP contribution in [0.4, 0.5) is 0 Å². The molecular weight excluding hydrogens is 272 g/mol. The summed E-state index contributed by atoms with van der Waals surface area (Å²) in [7, 11) is 2.20. The third kappa shape index (κ3) is 6.12. The fourth-order valence-electron chi connectivity index (χ4n) is 2.62. The molecule has 1 aliphatic rings. The van der Waals surface area contributed by atoms with Gasteiger partial charge in [0, 0.05) is 13.1 Å². The van der Waals surface area contributed by atoms with Crippen LogP contribution in [-0.4, -0.2) is 44.7 Å². The van der Waals surface area contributed by atoms with E-state index in [0.717, 1.165) is 24.8 Å². The number of rotatable bonds is 6. The van der Waals surface area contributed by atoms with Crippen molar-refractivity contribution in [3.63, 3.8) is 0 Å². The lowest BCUT2D eigenvalue weighted by molar-refractivity contribution is 0.199. The Kier molecular flexibility index (Phi) is 7.97. The summed E-state index contributed by atoms with van der Waals surface area (Å²) in [5.41, 5.74) is 1.25. The fraction of sp³-hybridized carbons (Fsp3) is 0.625. The Balaban J connectivity index is 0.00000200. The van der Waals surface area contributed by atoms with Crippen molar-refractivity contribution in [3.05, 3.63) is 29.8 Å². The molecule has 1 aliphatic heterocycles. The van der Waals surface area contributed by atoms with Gasteiger partial charge in [0.25, 0.3) is 0 Å². The van der Waals surface area contributed by atoms with Gasteiger partial charge < -0.3 is 15.0 Å². The summed E-state index contributed by atoms with van der Waals surface area (Å²) in [5.74, 6) is 1.83. The molecule has 4 heteroatoms. The number of hydrogen-bond donors (Lipinski definition) is 1. The summed E-state index contributed by atoms with van der Waals surface area (Å²) in [5, 5.41) is 3.41. The van der Waals surface area contributed by atoms with Crippen molar-refractivity contribution in [2.24, 2.45) is 5.92 Å². The van der Waals surface area contributed by atoms with Gasteiger partial charge in [-0.3, -0.25) is 0 Å². The quantitative estimate of drug-likeness (QED) is 0.874. The van der Waals surface area contributed by atoms with Crippen LogP contribution in [0.3, 0.4) is 0 Å². The van der Waals surface area contributed by atoms with Crippen LogP contribution >= 0.6 is 12.4 Å². The number of piperidine rings is 1. The Bertz CT molecular complexity index is 380. The number of nitrogens with one attached hydrogen (secondary N) is 1. The van der Waals surface area contributed by atoms with Crippen molar-refractivity contribution in [2.75, 3.05) is 39.8 Å². The van der Waals surface area contributed by atoms with Crippen LogP contribution in [0, 0.1) is 12.8 Å². The van der Waals surface area contributed by atoms with Gasteiger partial charge in [-0.1, -0.05) is 12.1 Å². The lowest BCUT2D eigenvalue weighted by Crippen LogP contribution is -2.36. The first-order valence-corrected chi connectivity index (χ1v) is 7.33. The molecule has 3 nitrogen and oxygen atoms in total. The topological polar surface area (TPSA) is 24.5 Å². The molecule has 0 aliphatic carbocycles. The average molecular weight is 299 g/mol. The van der Waals surface area contributed by atoms with Crippen molar-refractivity contribution >= 4 is 12.4 Å². The first-order valence-electron chi connectivity index (χ1n) is 7.33. The third-order valence-electron chi connectivity index (χ3n) is 3.76. The summed E-state index contributed by atoms with van der Waals surface area (Å²) < 4.78 is 5.79. The number of halogens is 1. The van der Waals surface area contributed by atoms with Crippen molar-refractivity contribution < 1.29 is 4.74 Å². The second-order valence-corrected chi connectivity index (χ2v) is 5.62. The molecule has 0 spiro atoms. The molecule has 2 rings (SSSR count). The van der Waals surface area contributed by atoms with E-state index in [4.69, 9.17) is 4.74 Å². The van der Waals surface area contributed by atoms with Crippen LogP contribution in [0.15, 0.2) is 24.3 Å². The highest BCUT2D eigenvalue weighted by molar-refractivity contribution is 5.85. The molecule has 0 amide bonds. The van der Waals surface area contributed by atoms with E-state index in [1.54, 1.807) is 0 Å². The van der Waals surface area contributed by atoms with Gasteiger partial charge in [0.15, 0.2) is 0 Å². The van der Waals surface area contributed by atoms with Crippen LogP contribution in [-0.2, 0) is 0 Å². The number of aryl methyl sites for hydroxylation is 1. The predicted molar refractivity (Wildman–Crippen MR) is 87.0 cm³/mol. The Hall–Kier alpha value is -0.770. The number of benzene rings is 1. The fourth-order valence-corrected chi connectivity index (χ4v) is 2.62. The zero-order valence-corrected chi connectivity index (χ0v) is 13.4. The van der Waals surface area contributed by atoms with E-state index in [1.165, 1.54) is 38.0 Å². The van der Waals surface area contributed by atoms with Crippen LogP contribution in [0.25, 0.3) is 0 Å². The zero-order valence-electron chi connectivity index (χ0n) is 12.6. The van der Waals surface area contributed by atoms with Crippen LogP contribution in [0.2, 0.25) is 0 Å². The number of nitrogens with zero attached hydrogens (tertiary/aromatic N) is 1. The SMILES string of the molecule is Cc1cccc(OCCN(C)CC2CCNCC2)c1.Cl. The van der Waals surface area contributed by atoms with Gasteiger partial charge in [0.2, 0.25) is 0 Å². The van der Waals surface area contributed by atoms with Gasteiger partial charge in [-0.15, -0.1) is 12.4 Å². The maximum Gasteiger partial charge on any atom is 0.119 e. The molecule has 1 aromatic rings. The molecule has 1 heterocycles. The molecule has 1 N–H and O–H groups in total. The van der Waals surface area contributed by atoms with Gasteiger partial charge in [-0.2, -0.15) is 0 Å². The van der Waals surface area contributed by atoms with Crippen molar-refractivity contribution in [1.29, 1.82) is 0 Å². The number of ether oxygens (including phenoxy) is 1. The van der Waals surface area contributed by atoms with Crippen molar-refractivity contribution in [3.8, 4) is 5.75 Å². The summed E-state index contributed by atoms with van der Waals surface area (Å²) in [6.45, 7) is 7.41. The highest BCUT2D eigenvalue weighted by Crippen LogP contribution is 2.14. The van der Waals surface area contributed by atoms with Gasteiger partial charge in [-0.05, 0) is 63.5 Å². The van der Waals surface area contributed by atoms with Gasteiger partial charge in [-0.25, -0.2) is 0 Å². The minimum absolute atomic E-state index is 0. The van der Waals surface area contributed by atoms with E-state index in [1.807, 2.05) is 12.1 Å². The maximum absolute atomic E-state index is 5.79. The lowest BCUT2D eigenvalue weighted by Gasteiger charge is -2.27. The monoisotopic (exact) mass is 298 g/mol. The molecule has 20 heavy (non-hydrogen) atoms. The van der Waals surface area contributed by atoms with Crippen LogP contribution in [0.5, 0.6) is 5.75 Å². The standard InChI is InChI=1S/C16H26N2O.ClH/c1-14-4-3-5-16(12-14)19-11-10-18(2)13-15-6-8-17-9-7-15;/h3-5,12,15,17H,6-11,13H2,1-2H3;1H. The third-order valence-corrected chi connectivity index (χ3v) is 3.76. The summed E-state index contributed by atoms with van der Waals surface area (Å²) in [4.78, 5) is 2.39. The molecular formula is C16H27ClN2O. The number of likely N-dealkylation sites (N-methyl/N-ethyl adjacent to an activating group) is 1. The van der Waals surface area contributed by atoms with Gasteiger partial charge in [0.1, 0.15) is 12.4 Å². The first kappa shape index (κ1) is 17.3. The van der Waals surface area contributed by atoms with E-state index < -0.39 is 0 Å². The Labute approximate surface area is 129 Å². The van der Waals surface area contributed by atoms with E-state index in [-0.39, 0.29) is 12.4 Å². The summed E-state index contributed by atoms with van der Waals surface area (Å²) in [6.07, 6.45) is 2.62. The Morgan fingerprint density at radius 1 is 1.30 bits per heavy atom. The van der Waals surface area contributed by atoms with Crippen LogP contribution in [0.1, 0.15) is 18.4 Å². The first-order chi connectivity index (χ1) is 9.24. The lowest BCUT2D eigenvalue weighted by atomic mass is 9.98. The second kappa shape index (κ2) is 9.22. The normalized spacial score (nSPS) is 15.9. The zero-order chi connectivity index (χ0) is 13.5. The molecule has 1 fully saturated rings. The highest BCUT2D eigenvalue weighted by Gasteiger charge is 2.14. The number of hydrogen-bond acceptors (Lipinski definition) is 3. The second-order valence-electron chi connectivity index (χ2n) is 5.62. The molecule has 0 saturated carbocycles. The van der Waals surface area contributed by atoms with Crippen molar-refractivity contribution in [2.45, 2.75) is 19.8 Å². The molecule has 0 radical (unpaired) electrons. The van der Waals surface area contributed by atoms with Gasteiger partial charge in [0.05, 0.1) is 0 Å². The smallest absolute Gasteiger partial charge is 0.119 e. The highest BCUT2D eigenvalue weighted by atomic mass is 35.5. The average Bonchev–Trinajstić information content (AvgIpc) is 2.40. The molecule has 114 valence electrons. The Morgan fingerprint density at radius 3 is 2.75 bits per heavy atom. The molecule has 1 aromatic carbocycles. The van der Waals surface area contributed by atoms with E-state index in [9.17, 15) is 0 Å². The molecule has 0 aromatic heterocycles. The Morgan fingerprint density at radius 2 is 2.05 bits per heavy atom. The molecule has 0 atom stereocenters. The van der Waals surface area contributed by atoms with Crippen molar-refractivity contribution in [1.82, 2.24) is 10.2 Å². The minimum atomic E-state index is 0. The van der Waals surface area contributed by atoms with E-state index in [2.05, 4.69) is 36.3 Å². The summed E-state index contributed by atoms with van der Waals surface area (Å²) >= 11 is 0. The minimum Gasteiger partial charge on any atom is -0.492 e. The van der Waals surface area contributed by atoms with Gasteiger partial charge >= 0.3 is 0 Å². The molecule has 0 unspecified atom stereocenters. The van der Waals surface area contributed by atoms with E-state index in [0.29, 0.717) is 0 Å². The van der Waals surface area contributed by atoms with E-state index >= 15 is 0 Å².